The van der Waals surface area contributed by atoms with E-state index in [1.165, 1.54) is 19.3 Å². The van der Waals surface area contributed by atoms with Crippen molar-refractivity contribution in [2.75, 3.05) is 6.61 Å². The van der Waals surface area contributed by atoms with Gasteiger partial charge in [0.25, 0.3) is 0 Å². The molecule has 4 aromatic rings. The van der Waals surface area contributed by atoms with Crippen LogP contribution in [0.3, 0.4) is 0 Å². The molecule has 1 saturated carbocycles. The molecule has 0 radical (unpaired) electrons. The molecule has 9 nitrogen and oxygen atoms in total. The molecule has 3 aromatic heterocycles. The van der Waals surface area contributed by atoms with E-state index in [1.54, 1.807) is 31.5 Å². The minimum atomic E-state index is -0.460. The Morgan fingerprint density at radius 1 is 1.12 bits per heavy atom. The fraction of sp³-hybridized carbons (Fsp3) is 0.391. The van der Waals surface area contributed by atoms with Crippen LogP contribution in [0.4, 0.5) is 0 Å². The summed E-state index contributed by atoms with van der Waals surface area (Å²) in [6, 6.07) is 5.79. The van der Waals surface area contributed by atoms with E-state index in [0.717, 1.165) is 29.7 Å². The van der Waals surface area contributed by atoms with E-state index in [2.05, 4.69) is 19.5 Å². The number of amides is 1. The van der Waals surface area contributed by atoms with E-state index in [9.17, 15) is 4.79 Å². The lowest BCUT2D eigenvalue weighted by Gasteiger charge is -2.25. The van der Waals surface area contributed by atoms with Gasteiger partial charge in [0.2, 0.25) is 5.91 Å². The van der Waals surface area contributed by atoms with Gasteiger partial charge in [-0.1, -0.05) is 19.3 Å². The average molecular weight is 436 g/mol. The summed E-state index contributed by atoms with van der Waals surface area (Å²) in [5.41, 5.74) is 9.52. The Kier molecular flexibility index (Phi) is 6.36. The molecule has 1 aliphatic rings. The van der Waals surface area contributed by atoms with Crippen LogP contribution in [-0.4, -0.2) is 47.1 Å². The summed E-state index contributed by atoms with van der Waals surface area (Å²) in [5, 5.41) is 7.57. The molecule has 0 bridgehead atoms. The van der Waals surface area contributed by atoms with E-state index < -0.39 is 5.91 Å². The van der Waals surface area contributed by atoms with Crippen LogP contribution >= 0.6 is 0 Å². The maximum atomic E-state index is 11.6. The Balaban J connectivity index is 0.000000728. The molecule has 1 aliphatic carbocycles. The summed E-state index contributed by atoms with van der Waals surface area (Å²) in [6.45, 7) is 3.76. The number of imidazole rings is 1. The summed E-state index contributed by atoms with van der Waals surface area (Å²) in [7, 11) is 0. The van der Waals surface area contributed by atoms with Crippen LogP contribution in [0, 0.1) is 6.92 Å². The lowest BCUT2D eigenvalue weighted by atomic mass is 9.95. The molecular formula is C23H29N7O2. The third-order valence-corrected chi connectivity index (χ3v) is 5.56. The van der Waals surface area contributed by atoms with Crippen molar-refractivity contribution in [3.63, 3.8) is 0 Å². The van der Waals surface area contributed by atoms with Gasteiger partial charge in [0, 0.05) is 19.6 Å². The van der Waals surface area contributed by atoms with Gasteiger partial charge in [-0.2, -0.15) is 0 Å². The monoisotopic (exact) mass is 435 g/mol. The standard InChI is InChI=1S/C21H21N7O.C2H6O.H2/c1-12-23-10-16-20(25-12)24-11-17(26-16)21-27-15-9-13(19(22)29)7-8-18(15)28(21)14-5-3-2-4-6-14;1-2-3;/h7-11,14H,2-6H2,1H3,(H2,22,29);3H,2H2,1H3;1H. The molecule has 5 rings (SSSR count). The van der Waals surface area contributed by atoms with E-state index >= 15 is 0 Å². The number of aryl methyl sites for hydroxylation is 1. The first kappa shape index (κ1) is 21.8. The number of rotatable bonds is 3. The van der Waals surface area contributed by atoms with Crippen molar-refractivity contribution < 1.29 is 11.3 Å². The number of aliphatic hydroxyl groups is 1. The Labute approximate surface area is 187 Å². The third-order valence-electron chi connectivity index (χ3n) is 5.56. The van der Waals surface area contributed by atoms with Crippen LogP contribution in [-0.2, 0) is 0 Å². The second-order valence-electron chi connectivity index (χ2n) is 7.86. The third kappa shape index (κ3) is 4.29. The van der Waals surface area contributed by atoms with Crippen molar-refractivity contribution in [1.82, 2.24) is 29.5 Å². The first-order chi connectivity index (χ1) is 15.5. The number of aliphatic hydroxyl groups excluding tert-OH is 1. The van der Waals surface area contributed by atoms with E-state index in [1.807, 2.05) is 13.0 Å². The molecule has 0 unspecified atom stereocenters. The topological polar surface area (TPSA) is 133 Å². The number of benzene rings is 1. The maximum absolute atomic E-state index is 11.6. The minimum Gasteiger partial charge on any atom is -0.397 e. The van der Waals surface area contributed by atoms with Gasteiger partial charge >= 0.3 is 0 Å². The average Bonchev–Trinajstić information content (AvgIpc) is 3.18. The number of primary amides is 1. The van der Waals surface area contributed by atoms with Gasteiger partial charge in [-0.25, -0.2) is 24.9 Å². The highest BCUT2D eigenvalue weighted by Crippen LogP contribution is 2.35. The molecule has 0 saturated heterocycles. The molecule has 0 atom stereocenters. The fourth-order valence-electron chi connectivity index (χ4n) is 4.16. The first-order valence-electron chi connectivity index (χ1n) is 10.9. The number of nitrogens with zero attached hydrogens (tertiary/aromatic N) is 6. The lowest BCUT2D eigenvalue weighted by molar-refractivity contribution is 0.100. The normalized spacial score (nSPS) is 14.3. The second kappa shape index (κ2) is 9.35. The molecule has 32 heavy (non-hydrogen) atoms. The largest absolute Gasteiger partial charge is 0.397 e. The quantitative estimate of drug-likeness (QED) is 0.502. The van der Waals surface area contributed by atoms with Crippen LogP contribution in [0.25, 0.3) is 33.7 Å². The Morgan fingerprint density at radius 2 is 1.88 bits per heavy atom. The summed E-state index contributed by atoms with van der Waals surface area (Å²) >= 11 is 0. The lowest BCUT2D eigenvalue weighted by Crippen LogP contribution is -2.14. The van der Waals surface area contributed by atoms with Gasteiger partial charge in [0.05, 0.1) is 23.4 Å². The molecule has 1 aromatic carbocycles. The van der Waals surface area contributed by atoms with Crippen LogP contribution in [0.2, 0.25) is 0 Å². The molecule has 3 N–H and O–H groups in total. The molecule has 3 heterocycles. The van der Waals surface area contributed by atoms with Crippen molar-refractivity contribution in [2.45, 2.75) is 52.0 Å². The Hall–Kier alpha value is -3.46. The highest BCUT2D eigenvalue weighted by molar-refractivity contribution is 5.96. The minimum absolute atomic E-state index is 0. The molecular weight excluding hydrogens is 406 g/mol. The number of nitrogens with two attached hydrogens (primary N) is 1. The number of carbonyl (C=O) groups excluding carboxylic acids is 1. The highest BCUT2D eigenvalue weighted by atomic mass is 16.2. The van der Waals surface area contributed by atoms with E-state index in [0.29, 0.717) is 34.3 Å². The SMILES string of the molecule is CCO.Cc1ncc2nc(-c3nc4cc(C(N)=O)ccc4n3C3CCCCC3)cnc2n1.[HH]. The number of fused-ring (bicyclic) bond motifs is 2. The maximum Gasteiger partial charge on any atom is 0.248 e. The van der Waals surface area contributed by atoms with Crippen molar-refractivity contribution in [3.8, 4) is 11.5 Å². The summed E-state index contributed by atoms with van der Waals surface area (Å²) in [6.07, 6.45) is 9.24. The van der Waals surface area contributed by atoms with Gasteiger partial charge in [0.15, 0.2) is 11.5 Å². The van der Waals surface area contributed by atoms with Gasteiger partial charge in [-0.05, 0) is 44.9 Å². The van der Waals surface area contributed by atoms with E-state index in [-0.39, 0.29) is 8.03 Å². The first-order valence-corrected chi connectivity index (χ1v) is 10.9. The van der Waals surface area contributed by atoms with Crippen LogP contribution in [0.5, 0.6) is 0 Å². The summed E-state index contributed by atoms with van der Waals surface area (Å²) < 4.78 is 2.25. The predicted molar refractivity (Wildman–Crippen MR) is 124 cm³/mol. The zero-order valence-corrected chi connectivity index (χ0v) is 18.3. The molecule has 1 amide bonds. The smallest absolute Gasteiger partial charge is 0.248 e. The molecule has 0 aliphatic heterocycles. The molecule has 0 spiro atoms. The van der Waals surface area contributed by atoms with Crippen LogP contribution in [0.1, 0.15) is 62.7 Å². The summed E-state index contributed by atoms with van der Waals surface area (Å²) in [4.78, 5) is 34.3. The van der Waals surface area contributed by atoms with Crippen molar-refractivity contribution in [1.29, 1.82) is 0 Å². The highest BCUT2D eigenvalue weighted by Gasteiger charge is 2.24. The molecule has 168 valence electrons. The van der Waals surface area contributed by atoms with Crippen molar-refractivity contribution >= 4 is 28.1 Å². The van der Waals surface area contributed by atoms with E-state index in [4.69, 9.17) is 20.8 Å². The number of hydrogen-bond donors (Lipinski definition) is 2. The predicted octanol–water partition coefficient (Wildman–Crippen LogP) is 3.59. The molecule has 9 heteroatoms. The number of aromatic nitrogens is 6. The fourth-order valence-corrected chi connectivity index (χ4v) is 4.16. The summed E-state index contributed by atoms with van der Waals surface area (Å²) in [5.74, 6) is 0.954. The van der Waals surface area contributed by atoms with Crippen LogP contribution < -0.4 is 5.73 Å². The van der Waals surface area contributed by atoms with Gasteiger partial charge in [0.1, 0.15) is 17.0 Å². The Morgan fingerprint density at radius 3 is 2.59 bits per heavy atom. The zero-order chi connectivity index (χ0) is 22.7. The van der Waals surface area contributed by atoms with Crippen molar-refractivity contribution in [2.24, 2.45) is 5.73 Å². The van der Waals surface area contributed by atoms with Crippen LogP contribution in [0.15, 0.2) is 30.6 Å². The van der Waals surface area contributed by atoms with Gasteiger partial charge in [-0.3, -0.25) is 4.79 Å². The second-order valence-corrected chi connectivity index (χ2v) is 7.86. The number of hydrogen-bond acceptors (Lipinski definition) is 7. The van der Waals surface area contributed by atoms with Crippen molar-refractivity contribution in [3.05, 3.63) is 42.0 Å². The number of carbonyl (C=O) groups is 1. The van der Waals surface area contributed by atoms with Gasteiger partial charge < -0.3 is 15.4 Å². The van der Waals surface area contributed by atoms with Gasteiger partial charge in [-0.15, -0.1) is 0 Å². The zero-order valence-electron chi connectivity index (χ0n) is 18.3. The Bertz CT molecular complexity index is 1270. The molecule has 1 fully saturated rings.